The van der Waals surface area contributed by atoms with Gasteiger partial charge >= 0.3 is 0 Å². The van der Waals surface area contributed by atoms with Crippen LogP contribution in [0.5, 0.6) is 5.75 Å². The predicted octanol–water partition coefficient (Wildman–Crippen LogP) is 2.50. The molecule has 0 bridgehead atoms. The molecule has 0 radical (unpaired) electrons. The summed E-state index contributed by atoms with van der Waals surface area (Å²) in [6.07, 6.45) is -0.244. The highest BCUT2D eigenvalue weighted by Crippen LogP contribution is 2.16. The number of ether oxygens (including phenoxy) is 1. The molecule has 0 saturated carbocycles. The number of benzene rings is 2. The van der Waals surface area contributed by atoms with Gasteiger partial charge < -0.3 is 20.5 Å². The SMILES string of the molecule is Cl.Cl.NC(CC(=O)N1CCN(CC(O)COc2ccccc2)CC1)c1ccccc1. The lowest BCUT2D eigenvalue weighted by atomic mass is 10.0. The molecule has 3 N–H and O–H groups in total. The van der Waals surface area contributed by atoms with Gasteiger partial charge in [0.25, 0.3) is 0 Å². The van der Waals surface area contributed by atoms with Crippen molar-refractivity contribution in [3.8, 4) is 5.75 Å². The summed E-state index contributed by atoms with van der Waals surface area (Å²) < 4.78 is 5.60. The number of nitrogens with zero attached hydrogens (tertiary/aromatic N) is 2. The van der Waals surface area contributed by atoms with Crippen LogP contribution in [0.2, 0.25) is 0 Å². The van der Waals surface area contributed by atoms with Gasteiger partial charge in [0.1, 0.15) is 18.5 Å². The maximum absolute atomic E-state index is 12.5. The Labute approximate surface area is 190 Å². The van der Waals surface area contributed by atoms with E-state index >= 15 is 0 Å². The van der Waals surface area contributed by atoms with Crippen LogP contribution in [0.3, 0.4) is 0 Å². The normalized spacial score (nSPS) is 16.0. The molecule has 2 aromatic carbocycles. The van der Waals surface area contributed by atoms with Gasteiger partial charge in [0.05, 0.1) is 0 Å². The van der Waals surface area contributed by atoms with Gasteiger partial charge in [-0.05, 0) is 17.7 Å². The van der Waals surface area contributed by atoms with Gasteiger partial charge in [-0.15, -0.1) is 24.8 Å². The topological polar surface area (TPSA) is 79.0 Å². The zero-order valence-corrected chi connectivity index (χ0v) is 18.6. The molecule has 3 rings (SSSR count). The number of hydrogen-bond acceptors (Lipinski definition) is 5. The van der Waals surface area contributed by atoms with Crippen molar-refractivity contribution in [1.29, 1.82) is 0 Å². The number of aliphatic hydroxyl groups is 1. The average Bonchev–Trinajstić information content (AvgIpc) is 2.74. The Kier molecular flexibility index (Phi) is 11.8. The lowest BCUT2D eigenvalue weighted by molar-refractivity contribution is -0.133. The summed E-state index contributed by atoms with van der Waals surface area (Å²) in [5.41, 5.74) is 7.15. The number of carbonyl (C=O) groups is 1. The van der Waals surface area contributed by atoms with E-state index in [4.69, 9.17) is 10.5 Å². The summed E-state index contributed by atoms with van der Waals surface area (Å²) in [7, 11) is 0. The molecule has 8 heteroatoms. The number of amides is 1. The van der Waals surface area contributed by atoms with E-state index in [1.54, 1.807) is 0 Å². The Hall–Kier alpha value is -1.83. The summed E-state index contributed by atoms with van der Waals surface area (Å²) in [5, 5.41) is 10.2. The number of carbonyl (C=O) groups excluding carboxylic acids is 1. The van der Waals surface area contributed by atoms with Crippen molar-refractivity contribution in [2.75, 3.05) is 39.3 Å². The van der Waals surface area contributed by atoms with Crippen molar-refractivity contribution in [2.24, 2.45) is 5.73 Å². The third-order valence-electron chi connectivity index (χ3n) is 5.00. The van der Waals surface area contributed by atoms with Crippen LogP contribution in [0.1, 0.15) is 18.0 Å². The number of piperazine rings is 1. The fraction of sp³-hybridized carbons (Fsp3) is 0.409. The Morgan fingerprint density at radius 1 is 0.967 bits per heavy atom. The number of para-hydroxylation sites is 1. The molecule has 30 heavy (non-hydrogen) atoms. The predicted molar refractivity (Wildman–Crippen MR) is 123 cm³/mol. The Morgan fingerprint density at radius 3 is 2.13 bits per heavy atom. The first-order valence-corrected chi connectivity index (χ1v) is 9.78. The molecule has 1 fully saturated rings. The first kappa shape index (κ1) is 26.2. The summed E-state index contributed by atoms with van der Waals surface area (Å²) in [4.78, 5) is 16.6. The second-order valence-corrected chi connectivity index (χ2v) is 7.18. The molecule has 1 saturated heterocycles. The molecule has 1 aliphatic heterocycles. The maximum atomic E-state index is 12.5. The average molecular weight is 456 g/mol. The quantitative estimate of drug-likeness (QED) is 0.638. The largest absolute Gasteiger partial charge is 0.491 e. The number of hydrogen-bond donors (Lipinski definition) is 2. The van der Waals surface area contributed by atoms with E-state index < -0.39 is 6.10 Å². The first-order valence-electron chi connectivity index (χ1n) is 9.78. The van der Waals surface area contributed by atoms with Crippen LogP contribution in [-0.2, 0) is 4.79 Å². The number of aliphatic hydroxyl groups excluding tert-OH is 1. The minimum atomic E-state index is -0.561. The highest BCUT2D eigenvalue weighted by atomic mass is 35.5. The fourth-order valence-corrected chi connectivity index (χ4v) is 3.38. The Balaban J connectivity index is 0.00000225. The van der Waals surface area contributed by atoms with Crippen LogP contribution >= 0.6 is 24.8 Å². The van der Waals surface area contributed by atoms with Crippen molar-refractivity contribution >= 4 is 30.7 Å². The fourth-order valence-electron chi connectivity index (χ4n) is 3.38. The van der Waals surface area contributed by atoms with Crippen LogP contribution < -0.4 is 10.5 Å². The summed E-state index contributed by atoms with van der Waals surface area (Å²) in [6, 6.07) is 18.9. The molecule has 6 nitrogen and oxygen atoms in total. The third-order valence-corrected chi connectivity index (χ3v) is 5.00. The first-order chi connectivity index (χ1) is 13.6. The molecule has 1 heterocycles. The monoisotopic (exact) mass is 455 g/mol. The van der Waals surface area contributed by atoms with Crippen LogP contribution in [0, 0.1) is 0 Å². The molecular weight excluding hydrogens is 425 g/mol. The highest BCUT2D eigenvalue weighted by molar-refractivity contribution is 5.85. The van der Waals surface area contributed by atoms with E-state index in [9.17, 15) is 9.90 Å². The summed E-state index contributed by atoms with van der Waals surface area (Å²) in [5.74, 6) is 0.843. The molecule has 0 aromatic heterocycles. The second-order valence-electron chi connectivity index (χ2n) is 7.18. The standard InChI is InChI=1S/C22H29N3O3.2ClH/c23-21(18-7-3-1-4-8-18)15-22(27)25-13-11-24(12-14-25)16-19(26)17-28-20-9-5-2-6-10-20;;/h1-10,19,21,26H,11-17,23H2;2*1H. The van der Waals surface area contributed by atoms with Crippen molar-refractivity contribution in [2.45, 2.75) is 18.6 Å². The van der Waals surface area contributed by atoms with Crippen molar-refractivity contribution in [3.63, 3.8) is 0 Å². The van der Waals surface area contributed by atoms with E-state index in [-0.39, 0.29) is 43.4 Å². The molecule has 0 spiro atoms. The molecular formula is C22H31Cl2N3O3. The summed E-state index contributed by atoms with van der Waals surface area (Å²) in [6.45, 7) is 3.61. The smallest absolute Gasteiger partial charge is 0.224 e. The van der Waals surface area contributed by atoms with E-state index in [0.29, 0.717) is 26.1 Å². The molecule has 0 aliphatic carbocycles. The molecule has 2 aromatic rings. The molecule has 1 aliphatic rings. The van der Waals surface area contributed by atoms with Crippen LogP contribution in [-0.4, -0.2) is 66.2 Å². The Morgan fingerprint density at radius 2 is 1.53 bits per heavy atom. The van der Waals surface area contributed by atoms with Crippen molar-refractivity contribution in [1.82, 2.24) is 9.80 Å². The summed E-state index contributed by atoms with van der Waals surface area (Å²) >= 11 is 0. The van der Waals surface area contributed by atoms with E-state index in [0.717, 1.165) is 24.4 Å². The number of rotatable bonds is 8. The molecule has 166 valence electrons. The minimum Gasteiger partial charge on any atom is -0.491 e. The number of β-amino-alcohol motifs (C(OH)–C–C–N with tert-alkyl or cyclic N) is 1. The lowest BCUT2D eigenvalue weighted by Gasteiger charge is -2.36. The third kappa shape index (κ3) is 8.13. The van der Waals surface area contributed by atoms with Gasteiger partial charge in [-0.3, -0.25) is 9.69 Å². The molecule has 2 atom stereocenters. The van der Waals surface area contributed by atoms with E-state index in [2.05, 4.69) is 4.90 Å². The second kappa shape index (κ2) is 13.5. The Bertz CT molecular complexity index is 729. The minimum absolute atomic E-state index is 0. The van der Waals surface area contributed by atoms with Crippen LogP contribution in [0.4, 0.5) is 0 Å². The molecule has 1 amide bonds. The van der Waals surface area contributed by atoms with Crippen molar-refractivity contribution < 1.29 is 14.6 Å². The van der Waals surface area contributed by atoms with Gasteiger partial charge in [-0.1, -0.05) is 48.5 Å². The van der Waals surface area contributed by atoms with Gasteiger partial charge in [-0.2, -0.15) is 0 Å². The zero-order valence-electron chi connectivity index (χ0n) is 16.9. The van der Waals surface area contributed by atoms with Gasteiger partial charge in [-0.25, -0.2) is 0 Å². The van der Waals surface area contributed by atoms with Crippen LogP contribution in [0.25, 0.3) is 0 Å². The van der Waals surface area contributed by atoms with Gasteiger partial charge in [0, 0.05) is 45.2 Å². The number of nitrogens with two attached hydrogens (primary N) is 1. The maximum Gasteiger partial charge on any atom is 0.224 e. The molecule has 2 unspecified atom stereocenters. The van der Waals surface area contributed by atoms with E-state index in [1.807, 2.05) is 65.6 Å². The van der Waals surface area contributed by atoms with Crippen molar-refractivity contribution in [3.05, 3.63) is 66.2 Å². The number of halogens is 2. The van der Waals surface area contributed by atoms with E-state index in [1.165, 1.54) is 0 Å². The van der Waals surface area contributed by atoms with Gasteiger partial charge in [0.15, 0.2) is 0 Å². The van der Waals surface area contributed by atoms with Gasteiger partial charge in [0.2, 0.25) is 5.91 Å². The lowest BCUT2D eigenvalue weighted by Crippen LogP contribution is -2.51. The van der Waals surface area contributed by atoms with Crippen LogP contribution in [0.15, 0.2) is 60.7 Å². The highest BCUT2D eigenvalue weighted by Gasteiger charge is 2.24. The zero-order chi connectivity index (χ0) is 19.8.